The molecule has 0 amide bonds. The molecule has 0 bridgehead atoms. The number of aldehydes is 1. The summed E-state index contributed by atoms with van der Waals surface area (Å²) in [6.45, 7) is 1.24. The number of carbonyl (C=O) groups is 1. The minimum atomic E-state index is -0.338. The fraction of sp³-hybridized carbons (Fsp3) is 0.250. The lowest BCUT2D eigenvalue weighted by Crippen LogP contribution is -1.99. The Bertz CT molecular complexity index is 352. The van der Waals surface area contributed by atoms with Gasteiger partial charge in [0, 0.05) is 5.56 Å². The van der Waals surface area contributed by atoms with Gasteiger partial charge in [0.15, 0.2) is 6.29 Å². The van der Waals surface area contributed by atoms with Gasteiger partial charge < -0.3 is 10.2 Å². The third-order valence-corrected chi connectivity index (χ3v) is 2.37. The van der Waals surface area contributed by atoms with Crippen LogP contribution >= 0.6 is 15.9 Å². The minimum absolute atomic E-state index is 0.0851. The first-order valence-electron chi connectivity index (χ1n) is 3.55. The molecule has 0 unspecified atom stereocenters. The molecule has 70 valence electrons. The van der Waals surface area contributed by atoms with Gasteiger partial charge in [0.2, 0.25) is 0 Å². The summed E-state index contributed by atoms with van der Waals surface area (Å²) in [5.41, 5.74) is 0.742. The van der Waals surface area contributed by atoms with Gasteiger partial charge in [0.1, 0.15) is 10.4 Å². The number of aryl methyl sites for hydroxylation is 1. The van der Waals surface area contributed by atoms with Crippen LogP contribution in [0.15, 0.2) is 4.60 Å². The van der Waals surface area contributed by atoms with E-state index >= 15 is 0 Å². The number of aliphatic hydroxyl groups is 1. The number of hydrogen-bond acceptors (Lipinski definition) is 4. The van der Waals surface area contributed by atoms with Crippen LogP contribution in [0.1, 0.15) is 21.6 Å². The van der Waals surface area contributed by atoms with E-state index in [1.807, 2.05) is 0 Å². The van der Waals surface area contributed by atoms with Crippen LogP contribution in [0.2, 0.25) is 0 Å². The Morgan fingerprint density at radius 3 is 2.69 bits per heavy atom. The average molecular weight is 246 g/mol. The van der Waals surface area contributed by atoms with Crippen molar-refractivity contribution >= 4 is 22.2 Å². The molecule has 0 aliphatic carbocycles. The third-order valence-electron chi connectivity index (χ3n) is 1.71. The van der Waals surface area contributed by atoms with E-state index in [0.717, 1.165) is 0 Å². The third kappa shape index (κ3) is 1.71. The predicted octanol–water partition coefficient (Wildman–Crippen LogP) is 1.16. The molecule has 0 aliphatic heterocycles. The molecule has 0 radical (unpaired) electrons. The molecule has 1 aromatic heterocycles. The van der Waals surface area contributed by atoms with Crippen molar-refractivity contribution in [3.63, 3.8) is 0 Å². The number of pyridine rings is 1. The zero-order chi connectivity index (χ0) is 10.0. The van der Waals surface area contributed by atoms with Crippen molar-refractivity contribution in [2.45, 2.75) is 13.5 Å². The Balaban J connectivity index is 3.50. The van der Waals surface area contributed by atoms with E-state index in [-0.39, 0.29) is 17.9 Å². The van der Waals surface area contributed by atoms with Crippen molar-refractivity contribution in [2.24, 2.45) is 0 Å². The van der Waals surface area contributed by atoms with Crippen molar-refractivity contribution < 1.29 is 15.0 Å². The molecule has 1 rings (SSSR count). The molecule has 4 nitrogen and oxygen atoms in total. The highest BCUT2D eigenvalue weighted by Gasteiger charge is 2.14. The number of nitrogens with zero attached hydrogens (tertiary/aromatic N) is 1. The van der Waals surface area contributed by atoms with Gasteiger partial charge in [0.25, 0.3) is 0 Å². The quantitative estimate of drug-likeness (QED) is 0.606. The molecular formula is C8H8BrNO3. The summed E-state index contributed by atoms with van der Waals surface area (Å²) >= 11 is 3.09. The number of aromatic nitrogens is 1. The number of aromatic hydroxyl groups is 1. The maximum absolute atomic E-state index is 10.6. The number of aliphatic hydroxyl groups excluding tert-OH is 1. The fourth-order valence-electron chi connectivity index (χ4n) is 0.994. The molecule has 0 saturated carbocycles. The first-order valence-corrected chi connectivity index (χ1v) is 4.35. The summed E-state index contributed by atoms with van der Waals surface area (Å²) in [5, 5.41) is 18.3. The normalized spacial score (nSPS) is 10.1. The first kappa shape index (κ1) is 10.1. The Labute approximate surface area is 83.4 Å². The molecule has 0 aliphatic rings. The van der Waals surface area contributed by atoms with Crippen LogP contribution in [-0.4, -0.2) is 21.5 Å². The highest BCUT2D eigenvalue weighted by molar-refractivity contribution is 9.10. The number of rotatable bonds is 2. The fourth-order valence-corrected chi connectivity index (χ4v) is 1.60. The standard InChI is InChI=1S/C8H8BrNO3/c1-4-7(13)5(2-11)6(3-12)8(9)10-4/h2,12-13H,3H2,1H3. The Morgan fingerprint density at radius 1 is 1.62 bits per heavy atom. The van der Waals surface area contributed by atoms with Crippen LogP contribution in [0, 0.1) is 6.92 Å². The molecule has 0 aromatic carbocycles. The molecule has 1 heterocycles. The molecule has 5 heteroatoms. The number of hydrogen-bond donors (Lipinski definition) is 2. The Hall–Kier alpha value is -0.940. The summed E-state index contributed by atoms with van der Waals surface area (Å²) in [5.74, 6) is -0.178. The molecule has 13 heavy (non-hydrogen) atoms. The molecule has 0 spiro atoms. The van der Waals surface area contributed by atoms with Crippen molar-refractivity contribution in [1.82, 2.24) is 4.98 Å². The highest BCUT2D eigenvalue weighted by atomic mass is 79.9. The van der Waals surface area contributed by atoms with Gasteiger partial charge in [-0.15, -0.1) is 0 Å². The minimum Gasteiger partial charge on any atom is -0.505 e. The monoisotopic (exact) mass is 245 g/mol. The molecule has 0 fully saturated rings. The van der Waals surface area contributed by atoms with Gasteiger partial charge in [-0.2, -0.15) is 0 Å². The van der Waals surface area contributed by atoms with Crippen LogP contribution in [-0.2, 0) is 6.61 Å². The van der Waals surface area contributed by atoms with E-state index < -0.39 is 0 Å². The van der Waals surface area contributed by atoms with E-state index in [1.54, 1.807) is 6.92 Å². The summed E-state index contributed by atoms with van der Waals surface area (Å²) in [4.78, 5) is 14.5. The lowest BCUT2D eigenvalue weighted by Gasteiger charge is -2.07. The van der Waals surface area contributed by atoms with Crippen LogP contribution in [0.25, 0.3) is 0 Å². The van der Waals surface area contributed by atoms with E-state index in [2.05, 4.69) is 20.9 Å². The van der Waals surface area contributed by atoms with E-state index in [9.17, 15) is 9.90 Å². The largest absolute Gasteiger partial charge is 0.505 e. The van der Waals surface area contributed by atoms with E-state index in [4.69, 9.17) is 5.11 Å². The topological polar surface area (TPSA) is 70.4 Å². The molecule has 0 atom stereocenters. The summed E-state index contributed by atoms with van der Waals surface area (Å²) in [7, 11) is 0. The second-order valence-corrected chi connectivity index (χ2v) is 3.26. The van der Waals surface area contributed by atoms with Crippen LogP contribution < -0.4 is 0 Å². The van der Waals surface area contributed by atoms with E-state index in [1.165, 1.54) is 0 Å². The predicted molar refractivity (Wildman–Crippen MR) is 49.6 cm³/mol. The highest BCUT2D eigenvalue weighted by Crippen LogP contribution is 2.27. The lowest BCUT2D eigenvalue weighted by molar-refractivity contribution is 0.111. The van der Waals surface area contributed by atoms with Gasteiger partial charge in [-0.05, 0) is 22.9 Å². The van der Waals surface area contributed by atoms with Gasteiger partial charge >= 0.3 is 0 Å². The van der Waals surface area contributed by atoms with Crippen molar-refractivity contribution in [3.8, 4) is 5.75 Å². The summed E-state index contributed by atoms with van der Waals surface area (Å²) < 4.78 is 0.382. The smallest absolute Gasteiger partial charge is 0.154 e. The lowest BCUT2D eigenvalue weighted by atomic mass is 10.1. The van der Waals surface area contributed by atoms with Gasteiger partial charge in [0.05, 0.1) is 17.9 Å². The van der Waals surface area contributed by atoms with Crippen LogP contribution in [0.5, 0.6) is 5.75 Å². The van der Waals surface area contributed by atoms with Crippen LogP contribution in [0.4, 0.5) is 0 Å². The van der Waals surface area contributed by atoms with Crippen molar-refractivity contribution in [3.05, 3.63) is 21.4 Å². The zero-order valence-electron chi connectivity index (χ0n) is 6.91. The Morgan fingerprint density at radius 2 is 2.23 bits per heavy atom. The van der Waals surface area contributed by atoms with Crippen molar-refractivity contribution in [2.75, 3.05) is 0 Å². The molecule has 0 saturated heterocycles. The average Bonchev–Trinajstić information content (AvgIpc) is 2.10. The second-order valence-electron chi connectivity index (χ2n) is 2.50. The summed E-state index contributed by atoms with van der Waals surface area (Å²) in [6, 6.07) is 0. The summed E-state index contributed by atoms with van der Waals surface area (Å²) in [6.07, 6.45) is 0.500. The SMILES string of the molecule is Cc1nc(Br)c(CO)c(C=O)c1O. The maximum Gasteiger partial charge on any atom is 0.154 e. The van der Waals surface area contributed by atoms with Gasteiger partial charge in [-0.1, -0.05) is 0 Å². The maximum atomic E-state index is 10.6. The molecular weight excluding hydrogens is 238 g/mol. The second kappa shape index (κ2) is 3.85. The zero-order valence-corrected chi connectivity index (χ0v) is 8.50. The molecule has 2 N–H and O–H groups in total. The number of carbonyl (C=O) groups excluding carboxylic acids is 1. The molecule has 1 aromatic rings. The van der Waals surface area contributed by atoms with Gasteiger partial charge in [-0.3, -0.25) is 4.79 Å². The van der Waals surface area contributed by atoms with Crippen LogP contribution in [0.3, 0.4) is 0 Å². The first-order chi connectivity index (χ1) is 6.11. The van der Waals surface area contributed by atoms with E-state index in [0.29, 0.717) is 22.1 Å². The Kier molecular flexibility index (Phi) is 3.00. The van der Waals surface area contributed by atoms with Crippen molar-refractivity contribution in [1.29, 1.82) is 0 Å². The van der Waals surface area contributed by atoms with Gasteiger partial charge in [-0.25, -0.2) is 4.98 Å². The number of halogens is 1.